The molecular formula is C16H25N3S. The van der Waals surface area contributed by atoms with Gasteiger partial charge in [0, 0.05) is 24.0 Å². The molecule has 4 heteroatoms. The second kappa shape index (κ2) is 7.60. The summed E-state index contributed by atoms with van der Waals surface area (Å²) in [7, 11) is 0. The second-order valence-corrected chi connectivity index (χ2v) is 6.01. The number of nitrogens with zero attached hydrogens (tertiary/aromatic N) is 2. The molecule has 2 rings (SSSR count). The van der Waals surface area contributed by atoms with Crippen molar-refractivity contribution in [3.05, 3.63) is 39.8 Å². The van der Waals surface area contributed by atoms with E-state index in [-0.39, 0.29) is 0 Å². The maximum absolute atomic E-state index is 4.61. The molecule has 1 unspecified atom stereocenters. The van der Waals surface area contributed by atoms with E-state index in [0.717, 1.165) is 19.5 Å². The van der Waals surface area contributed by atoms with Crippen LogP contribution in [-0.4, -0.2) is 9.78 Å². The highest BCUT2D eigenvalue weighted by molar-refractivity contribution is 7.10. The topological polar surface area (TPSA) is 29.9 Å². The number of thiophene rings is 1. The zero-order valence-corrected chi connectivity index (χ0v) is 13.5. The van der Waals surface area contributed by atoms with Crippen molar-refractivity contribution in [2.75, 3.05) is 0 Å². The predicted octanol–water partition coefficient (Wildman–Crippen LogP) is 4.16. The first-order chi connectivity index (χ1) is 9.78. The fourth-order valence-corrected chi connectivity index (χ4v) is 3.29. The fourth-order valence-electron chi connectivity index (χ4n) is 2.45. The predicted molar refractivity (Wildman–Crippen MR) is 86.1 cm³/mol. The quantitative estimate of drug-likeness (QED) is 0.791. The number of rotatable bonds is 8. The van der Waals surface area contributed by atoms with Crippen molar-refractivity contribution in [2.45, 2.75) is 59.2 Å². The lowest BCUT2D eigenvalue weighted by atomic mass is 10.1. The summed E-state index contributed by atoms with van der Waals surface area (Å²) in [5, 5.41) is 10.5. The minimum Gasteiger partial charge on any atom is -0.304 e. The van der Waals surface area contributed by atoms with E-state index in [1.165, 1.54) is 29.1 Å². The van der Waals surface area contributed by atoms with Gasteiger partial charge in [0.25, 0.3) is 0 Å². The zero-order chi connectivity index (χ0) is 14.4. The molecule has 3 nitrogen and oxygen atoms in total. The molecule has 0 aliphatic heterocycles. The van der Waals surface area contributed by atoms with E-state index in [9.17, 15) is 0 Å². The molecule has 2 aromatic heterocycles. The van der Waals surface area contributed by atoms with Crippen LogP contribution in [0.5, 0.6) is 0 Å². The Labute approximate surface area is 126 Å². The Balaban J connectivity index is 2.03. The zero-order valence-electron chi connectivity index (χ0n) is 12.7. The molecule has 0 aromatic carbocycles. The molecule has 20 heavy (non-hydrogen) atoms. The third kappa shape index (κ3) is 3.70. The van der Waals surface area contributed by atoms with Crippen LogP contribution in [0.1, 0.15) is 55.9 Å². The van der Waals surface area contributed by atoms with Crippen LogP contribution in [-0.2, 0) is 19.5 Å². The van der Waals surface area contributed by atoms with Crippen LogP contribution in [0.2, 0.25) is 0 Å². The van der Waals surface area contributed by atoms with Crippen LogP contribution < -0.4 is 5.32 Å². The van der Waals surface area contributed by atoms with Crippen molar-refractivity contribution in [3.8, 4) is 0 Å². The third-order valence-corrected chi connectivity index (χ3v) is 4.56. The molecule has 1 N–H and O–H groups in total. The smallest absolute Gasteiger partial charge is 0.0625 e. The number of aryl methyl sites for hydroxylation is 2. The first kappa shape index (κ1) is 15.3. The fraction of sp³-hybridized carbons (Fsp3) is 0.562. The van der Waals surface area contributed by atoms with E-state index in [4.69, 9.17) is 0 Å². The van der Waals surface area contributed by atoms with Gasteiger partial charge in [-0.3, -0.25) is 4.68 Å². The van der Waals surface area contributed by atoms with Crippen molar-refractivity contribution in [3.63, 3.8) is 0 Å². The summed E-state index contributed by atoms with van der Waals surface area (Å²) in [6, 6.07) is 7.06. The van der Waals surface area contributed by atoms with E-state index in [0.29, 0.717) is 6.04 Å². The SMILES string of the molecule is CCCC(NCc1cc(CC)nn1CC)c1cccs1. The molecule has 0 aliphatic carbocycles. The minimum atomic E-state index is 0.463. The monoisotopic (exact) mass is 291 g/mol. The molecule has 0 amide bonds. The Morgan fingerprint density at radius 3 is 2.80 bits per heavy atom. The Kier molecular flexibility index (Phi) is 5.80. The van der Waals surface area contributed by atoms with Crippen LogP contribution in [0, 0.1) is 0 Å². The Hall–Kier alpha value is -1.13. The Bertz CT molecular complexity index is 502. The molecule has 2 heterocycles. The molecule has 1 atom stereocenters. The Morgan fingerprint density at radius 1 is 1.35 bits per heavy atom. The van der Waals surface area contributed by atoms with Gasteiger partial charge in [-0.25, -0.2) is 0 Å². The van der Waals surface area contributed by atoms with Gasteiger partial charge in [0.05, 0.1) is 11.4 Å². The normalized spacial score (nSPS) is 12.8. The lowest BCUT2D eigenvalue weighted by Gasteiger charge is -2.17. The number of aromatic nitrogens is 2. The van der Waals surface area contributed by atoms with Gasteiger partial charge in [0.2, 0.25) is 0 Å². The average molecular weight is 291 g/mol. The summed E-state index contributed by atoms with van der Waals surface area (Å²) >= 11 is 1.84. The number of hydrogen-bond donors (Lipinski definition) is 1. The summed E-state index contributed by atoms with van der Waals surface area (Å²) < 4.78 is 2.11. The van der Waals surface area contributed by atoms with Gasteiger partial charge in [0.1, 0.15) is 0 Å². The maximum atomic E-state index is 4.61. The standard InChI is InChI=1S/C16H25N3S/c1-4-8-15(16-9-7-10-20-16)17-12-14-11-13(5-2)18-19(14)6-3/h7,9-11,15,17H,4-6,8,12H2,1-3H3. The van der Waals surface area contributed by atoms with E-state index in [2.05, 4.69) is 59.4 Å². The van der Waals surface area contributed by atoms with Gasteiger partial charge in [-0.15, -0.1) is 11.3 Å². The first-order valence-corrected chi connectivity index (χ1v) is 8.48. The summed E-state index contributed by atoms with van der Waals surface area (Å²) in [5.74, 6) is 0. The number of nitrogens with one attached hydrogen (secondary N) is 1. The lowest BCUT2D eigenvalue weighted by molar-refractivity contribution is 0.480. The summed E-state index contributed by atoms with van der Waals surface area (Å²) in [6.45, 7) is 8.38. The maximum Gasteiger partial charge on any atom is 0.0625 e. The van der Waals surface area contributed by atoms with Gasteiger partial charge in [-0.1, -0.05) is 26.3 Å². The van der Waals surface area contributed by atoms with Crippen LogP contribution in [0.25, 0.3) is 0 Å². The molecular weight excluding hydrogens is 266 g/mol. The van der Waals surface area contributed by atoms with Gasteiger partial charge in [0.15, 0.2) is 0 Å². The summed E-state index contributed by atoms with van der Waals surface area (Å²) in [4.78, 5) is 1.44. The van der Waals surface area contributed by atoms with Gasteiger partial charge < -0.3 is 5.32 Å². The van der Waals surface area contributed by atoms with Crippen LogP contribution in [0.3, 0.4) is 0 Å². The van der Waals surface area contributed by atoms with E-state index >= 15 is 0 Å². The summed E-state index contributed by atoms with van der Waals surface area (Å²) in [6.07, 6.45) is 3.38. The van der Waals surface area contributed by atoms with Crippen molar-refractivity contribution in [1.82, 2.24) is 15.1 Å². The minimum absolute atomic E-state index is 0.463. The van der Waals surface area contributed by atoms with Crippen LogP contribution in [0.4, 0.5) is 0 Å². The van der Waals surface area contributed by atoms with Crippen LogP contribution >= 0.6 is 11.3 Å². The summed E-state index contributed by atoms with van der Waals surface area (Å²) in [5.41, 5.74) is 2.48. The highest BCUT2D eigenvalue weighted by atomic mass is 32.1. The largest absolute Gasteiger partial charge is 0.304 e. The first-order valence-electron chi connectivity index (χ1n) is 7.60. The highest BCUT2D eigenvalue weighted by Gasteiger charge is 2.13. The highest BCUT2D eigenvalue weighted by Crippen LogP contribution is 2.23. The third-order valence-electron chi connectivity index (χ3n) is 3.57. The molecule has 110 valence electrons. The van der Waals surface area contributed by atoms with Gasteiger partial charge in [-0.05, 0) is 37.3 Å². The second-order valence-electron chi connectivity index (χ2n) is 5.03. The van der Waals surface area contributed by atoms with Crippen LogP contribution in [0.15, 0.2) is 23.6 Å². The van der Waals surface area contributed by atoms with Crippen molar-refractivity contribution in [2.24, 2.45) is 0 Å². The van der Waals surface area contributed by atoms with Crippen molar-refractivity contribution >= 4 is 11.3 Å². The molecule has 0 aliphatic rings. The molecule has 0 spiro atoms. The number of hydrogen-bond acceptors (Lipinski definition) is 3. The molecule has 0 fully saturated rings. The molecule has 0 radical (unpaired) electrons. The van der Waals surface area contributed by atoms with E-state index in [1.807, 2.05) is 11.3 Å². The molecule has 0 bridgehead atoms. The lowest BCUT2D eigenvalue weighted by Crippen LogP contribution is -2.21. The van der Waals surface area contributed by atoms with E-state index < -0.39 is 0 Å². The Morgan fingerprint density at radius 2 is 2.20 bits per heavy atom. The van der Waals surface area contributed by atoms with Crippen molar-refractivity contribution < 1.29 is 0 Å². The van der Waals surface area contributed by atoms with E-state index in [1.54, 1.807) is 0 Å². The van der Waals surface area contributed by atoms with Gasteiger partial charge in [-0.2, -0.15) is 5.10 Å². The van der Waals surface area contributed by atoms with Crippen molar-refractivity contribution in [1.29, 1.82) is 0 Å². The molecule has 2 aromatic rings. The molecule has 0 saturated heterocycles. The molecule has 0 saturated carbocycles. The average Bonchev–Trinajstić information content (AvgIpc) is 3.12. The van der Waals surface area contributed by atoms with Gasteiger partial charge >= 0.3 is 0 Å².